The van der Waals surface area contributed by atoms with Crippen molar-refractivity contribution in [3.63, 3.8) is 0 Å². The Morgan fingerprint density at radius 2 is 0.754 bits per heavy atom. The first kappa shape index (κ1) is 38.5. The molecule has 2 nitrogen and oxygen atoms in total. The normalized spacial score (nSPS) is 12.6. The maximum Gasteiger partial charge on any atom is 0.0543 e. The summed E-state index contributed by atoms with van der Waals surface area (Å²) < 4.78 is 2.49. The minimum atomic E-state index is -0.0667. The van der Waals surface area contributed by atoms with Crippen LogP contribution < -0.4 is 4.90 Å². The topological polar surface area (TPSA) is 8.17 Å². The van der Waals surface area contributed by atoms with Crippen molar-refractivity contribution in [1.82, 2.24) is 4.57 Å². The summed E-state index contributed by atoms with van der Waals surface area (Å²) in [6, 6.07) is 88.6. The summed E-state index contributed by atoms with van der Waals surface area (Å²) in [5.41, 5.74) is 21.9. The van der Waals surface area contributed by atoms with Gasteiger partial charge in [-0.2, -0.15) is 0 Å². The monoisotopic (exact) mass is 830 g/mol. The van der Waals surface area contributed by atoms with Gasteiger partial charge in [-0.25, -0.2) is 0 Å². The van der Waals surface area contributed by atoms with Gasteiger partial charge >= 0.3 is 0 Å². The molecule has 0 saturated heterocycles. The fraction of sp³-hybridized carbons (Fsp3) is 0.0476. The number of nitrogens with zero attached hydrogens (tertiary/aromatic N) is 2. The number of hydrogen-bond donors (Lipinski definition) is 0. The molecule has 1 aliphatic rings. The van der Waals surface area contributed by atoms with E-state index in [4.69, 9.17) is 0 Å². The van der Waals surface area contributed by atoms with E-state index in [0.29, 0.717) is 0 Å². The maximum atomic E-state index is 2.49. The van der Waals surface area contributed by atoms with Crippen LogP contribution in [0.5, 0.6) is 0 Å². The van der Waals surface area contributed by atoms with Crippen LogP contribution in [-0.4, -0.2) is 4.57 Å². The molecule has 308 valence electrons. The molecule has 65 heavy (non-hydrogen) atoms. The lowest BCUT2D eigenvalue weighted by Crippen LogP contribution is -2.14. The lowest BCUT2D eigenvalue weighted by molar-refractivity contribution is 0.660. The van der Waals surface area contributed by atoms with Crippen LogP contribution >= 0.6 is 0 Å². The molecule has 0 bridgehead atoms. The van der Waals surface area contributed by atoms with Crippen molar-refractivity contribution < 1.29 is 0 Å². The van der Waals surface area contributed by atoms with Gasteiger partial charge in [0.05, 0.1) is 16.7 Å². The molecule has 1 aromatic heterocycles. The summed E-state index contributed by atoms with van der Waals surface area (Å²) in [5, 5.41) is 2.51. The highest BCUT2D eigenvalue weighted by atomic mass is 15.1. The van der Waals surface area contributed by atoms with Gasteiger partial charge in [-0.15, -0.1) is 0 Å². The average Bonchev–Trinajstić information content (AvgIpc) is 3.83. The van der Waals surface area contributed by atoms with E-state index in [1.54, 1.807) is 0 Å². The highest BCUT2D eigenvalue weighted by Crippen LogP contribution is 2.52. The minimum absolute atomic E-state index is 0.0667. The van der Waals surface area contributed by atoms with Gasteiger partial charge in [0.15, 0.2) is 0 Å². The Morgan fingerprint density at radius 3 is 1.38 bits per heavy atom. The fourth-order valence-corrected chi connectivity index (χ4v) is 10.3. The molecule has 0 radical (unpaired) electrons. The van der Waals surface area contributed by atoms with Crippen molar-refractivity contribution >= 4 is 38.9 Å². The van der Waals surface area contributed by atoms with Gasteiger partial charge < -0.3 is 9.47 Å². The van der Waals surface area contributed by atoms with E-state index in [1.807, 2.05) is 0 Å². The molecular formula is C63H46N2. The zero-order valence-corrected chi connectivity index (χ0v) is 36.5. The number of hydrogen-bond acceptors (Lipinski definition) is 1. The van der Waals surface area contributed by atoms with Gasteiger partial charge in [0.2, 0.25) is 0 Å². The van der Waals surface area contributed by atoms with E-state index < -0.39 is 0 Å². The second-order valence-electron chi connectivity index (χ2n) is 17.7. The molecule has 1 aliphatic carbocycles. The molecule has 11 aromatic rings. The summed E-state index contributed by atoms with van der Waals surface area (Å²) >= 11 is 0. The van der Waals surface area contributed by atoms with E-state index in [2.05, 4.69) is 266 Å². The van der Waals surface area contributed by atoms with E-state index in [-0.39, 0.29) is 5.41 Å². The Kier molecular flexibility index (Phi) is 9.21. The van der Waals surface area contributed by atoms with Gasteiger partial charge in [0, 0.05) is 38.8 Å². The van der Waals surface area contributed by atoms with Gasteiger partial charge in [-0.05, 0) is 128 Å². The van der Waals surface area contributed by atoms with E-state index in [1.165, 1.54) is 94.3 Å². The van der Waals surface area contributed by atoms with Crippen LogP contribution in [0.15, 0.2) is 243 Å². The van der Waals surface area contributed by atoms with Crippen molar-refractivity contribution in [1.29, 1.82) is 0 Å². The molecule has 0 saturated carbocycles. The largest absolute Gasteiger partial charge is 0.311 e. The number of aromatic nitrogens is 1. The standard InChI is InChI=1S/C63H46N2/c1-63(2)57-23-11-9-22-55(57)62-58(63)24-14-26-61(62)65-59-25-12-10-21-54(59)56-42-50(33-40-60(56)65)49-20-13-19-48(41-49)47-31-38-53(39-32-47)64(51-34-27-45(28-35-51)43-15-5-3-6-16-43)52-36-29-46(30-37-52)44-17-7-4-8-18-44/h3-42H,1-2H3. The summed E-state index contributed by atoms with van der Waals surface area (Å²) in [7, 11) is 0. The highest BCUT2D eigenvalue weighted by Gasteiger charge is 2.37. The van der Waals surface area contributed by atoms with Crippen molar-refractivity contribution in [3.05, 3.63) is 254 Å². The molecule has 0 spiro atoms. The lowest BCUT2D eigenvalue weighted by atomic mass is 9.82. The molecule has 0 unspecified atom stereocenters. The second kappa shape index (κ2) is 15.6. The highest BCUT2D eigenvalue weighted by molar-refractivity contribution is 6.11. The number of fused-ring (bicyclic) bond motifs is 6. The third kappa shape index (κ3) is 6.57. The Balaban J connectivity index is 0.899. The van der Waals surface area contributed by atoms with Gasteiger partial charge in [-0.1, -0.05) is 190 Å². The first-order chi connectivity index (χ1) is 32.0. The van der Waals surface area contributed by atoms with Gasteiger partial charge in [0.1, 0.15) is 0 Å². The third-order valence-electron chi connectivity index (χ3n) is 13.6. The van der Waals surface area contributed by atoms with Crippen LogP contribution in [0.3, 0.4) is 0 Å². The lowest BCUT2D eigenvalue weighted by Gasteiger charge is -2.26. The third-order valence-corrected chi connectivity index (χ3v) is 13.6. The molecule has 10 aromatic carbocycles. The fourth-order valence-electron chi connectivity index (χ4n) is 10.3. The molecule has 0 N–H and O–H groups in total. The Labute approximate surface area is 381 Å². The van der Waals surface area contributed by atoms with Crippen LogP contribution in [0, 0.1) is 0 Å². The molecule has 0 fully saturated rings. The van der Waals surface area contributed by atoms with Crippen molar-refractivity contribution in [2.24, 2.45) is 0 Å². The first-order valence-corrected chi connectivity index (χ1v) is 22.6. The van der Waals surface area contributed by atoms with Crippen LogP contribution in [0.1, 0.15) is 25.0 Å². The molecule has 1 heterocycles. The molecule has 0 amide bonds. The van der Waals surface area contributed by atoms with Crippen LogP contribution in [0.2, 0.25) is 0 Å². The molecular weight excluding hydrogens is 785 g/mol. The predicted molar refractivity (Wildman–Crippen MR) is 275 cm³/mol. The van der Waals surface area contributed by atoms with Crippen molar-refractivity contribution in [2.45, 2.75) is 19.3 Å². The van der Waals surface area contributed by atoms with Crippen molar-refractivity contribution in [2.75, 3.05) is 4.90 Å². The summed E-state index contributed by atoms with van der Waals surface area (Å²) in [5.74, 6) is 0. The van der Waals surface area contributed by atoms with Gasteiger partial charge in [-0.3, -0.25) is 0 Å². The Morgan fingerprint density at radius 1 is 0.323 bits per heavy atom. The number of rotatable bonds is 8. The number of benzene rings is 10. The van der Waals surface area contributed by atoms with Crippen LogP contribution in [0.25, 0.3) is 83.1 Å². The van der Waals surface area contributed by atoms with E-state index in [0.717, 1.165) is 17.1 Å². The summed E-state index contributed by atoms with van der Waals surface area (Å²) in [6.45, 7) is 4.71. The summed E-state index contributed by atoms with van der Waals surface area (Å²) in [6.07, 6.45) is 0. The van der Waals surface area contributed by atoms with E-state index >= 15 is 0 Å². The number of anilines is 3. The van der Waals surface area contributed by atoms with Gasteiger partial charge in [0.25, 0.3) is 0 Å². The molecule has 2 heteroatoms. The average molecular weight is 831 g/mol. The molecule has 12 rings (SSSR count). The zero-order valence-electron chi connectivity index (χ0n) is 36.5. The van der Waals surface area contributed by atoms with Crippen LogP contribution in [-0.2, 0) is 5.41 Å². The zero-order chi connectivity index (χ0) is 43.5. The smallest absolute Gasteiger partial charge is 0.0543 e. The predicted octanol–water partition coefficient (Wildman–Crippen LogP) is 17.2. The summed E-state index contributed by atoms with van der Waals surface area (Å²) in [4.78, 5) is 2.35. The van der Waals surface area contributed by atoms with E-state index in [9.17, 15) is 0 Å². The molecule has 0 atom stereocenters. The van der Waals surface area contributed by atoms with Crippen LogP contribution in [0.4, 0.5) is 17.1 Å². The Bertz CT molecular complexity index is 3440. The second-order valence-corrected chi connectivity index (χ2v) is 17.7. The van der Waals surface area contributed by atoms with Crippen molar-refractivity contribution in [3.8, 4) is 61.3 Å². The molecule has 0 aliphatic heterocycles. The first-order valence-electron chi connectivity index (χ1n) is 22.6. The maximum absolute atomic E-state index is 2.49. The SMILES string of the molecule is CC1(C)c2ccccc2-c2c(-n3c4ccccc4c4cc(-c5cccc(-c6ccc(N(c7ccc(-c8ccccc8)cc7)c7ccc(-c8ccccc8)cc7)cc6)c5)ccc43)cccc21. The quantitative estimate of drug-likeness (QED) is 0.148. The minimum Gasteiger partial charge on any atom is -0.311 e. The Hall–Kier alpha value is -8.20. The number of para-hydroxylation sites is 1.